The van der Waals surface area contributed by atoms with Crippen molar-refractivity contribution in [3.05, 3.63) is 126 Å². The topological polar surface area (TPSA) is 34.9 Å². The van der Waals surface area contributed by atoms with Gasteiger partial charge in [-0.1, -0.05) is 97.9 Å². The molecule has 3 heteroatoms. The van der Waals surface area contributed by atoms with E-state index in [0.717, 1.165) is 28.7 Å². The first kappa shape index (κ1) is 18.9. The lowest BCUT2D eigenvalue weighted by molar-refractivity contribution is -0.108. The van der Waals surface area contributed by atoms with E-state index in [2.05, 4.69) is 88.5 Å². The summed E-state index contributed by atoms with van der Waals surface area (Å²) in [6.07, 6.45) is 5.40. The van der Waals surface area contributed by atoms with Crippen molar-refractivity contribution in [1.82, 2.24) is 9.55 Å². The Labute approximate surface area is 171 Å². The number of carbonyl (C=O) groups is 1. The summed E-state index contributed by atoms with van der Waals surface area (Å²) in [5.74, 6) is 0.0776. The van der Waals surface area contributed by atoms with Crippen LogP contribution in [-0.2, 0) is 10.3 Å². The van der Waals surface area contributed by atoms with Gasteiger partial charge in [0, 0.05) is 18.5 Å². The van der Waals surface area contributed by atoms with Crippen LogP contribution in [-0.4, -0.2) is 15.8 Å². The summed E-state index contributed by atoms with van der Waals surface area (Å²) in [5.41, 5.74) is 3.83. The Hall–Kier alpha value is -3.46. The summed E-state index contributed by atoms with van der Waals surface area (Å²) in [7, 11) is 0. The number of aromatic nitrogens is 2. The van der Waals surface area contributed by atoms with Crippen LogP contribution in [0.15, 0.2) is 104 Å². The summed E-state index contributed by atoms with van der Waals surface area (Å²) >= 11 is 0. The number of hydrogen-bond acceptors (Lipinski definition) is 2. The Kier molecular flexibility index (Phi) is 5.39. The highest BCUT2D eigenvalue weighted by molar-refractivity contribution is 5.52. The summed E-state index contributed by atoms with van der Waals surface area (Å²) in [6.45, 7) is 2.04. The SMILES string of the molecule is CC(CC=O)c1cn(C(c2ccccc2)(c2ccccc2)c2ccccc2)cn1. The van der Waals surface area contributed by atoms with E-state index in [-0.39, 0.29) is 5.92 Å². The average Bonchev–Trinajstić information content (AvgIpc) is 3.27. The van der Waals surface area contributed by atoms with Gasteiger partial charge in [0.05, 0.1) is 12.0 Å². The van der Waals surface area contributed by atoms with Gasteiger partial charge in [0.25, 0.3) is 0 Å². The second-order valence-corrected chi connectivity index (χ2v) is 7.32. The van der Waals surface area contributed by atoms with Crippen molar-refractivity contribution in [2.24, 2.45) is 0 Å². The number of imidazole rings is 1. The Balaban J connectivity index is 2.02. The molecule has 3 nitrogen and oxygen atoms in total. The molecule has 1 aromatic heterocycles. The zero-order chi connectivity index (χ0) is 20.1. The van der Waals surface area contributed by atoms with Gasteiger partial charge in [-0.25, -0.2) is 4.98 Å². The minimum Gasteiger partial charge on any atom is -0.319 e. The Morgan fingerprint density at radius 2 is 1.28 bits per heavy atom. The molecule has 0 amide bonds. The smallest absolute Gasteiger partial charge is 0.121 e. The molecule has 0 N–H and O–H groups in total. The van der Waals surface area contributed by atoms with E-state index in [1.54, 1.807) is 0 Å². The first-order valence-corrected chi connectivity index (χ1v) is 9.91. The van der Waals surface area contributed by atoms with Gasteiger partial charge in [0.1, 0.15) is 11.8 Å². The largest absolute Gasteiger partial charge is 0.319 e. The predicted molar refractivity (Wildman–Crippen MR) is 116 cm³/mol. The fraction of sp³-hybridized carbons (Fsp3) is 0.154. The van der Waals surface area contributed by atoms with Crippen LogP contribution in [0, 0.1) is 0 Å². The lowest BCUT2D eigenvalue weighted by Crippen LogP contribution is -2.36. The van der Waals surface area contributed by atoms with Gasteiger partial charge < -0.3 is 9.36 Å². The van der Waals surface area contributed by atoms with Crippen LogP contribution in [0.4, 0.5) is 0 Å². The van der Waals surface area contributed by atoms with Gasteiger partial charge >= 0.3 is 0 Å². The van der Waals surface area contributed by atoms with Crippen LogP contribution in [0.25, 0.3) is 0 Å². The molecule has 1 unspecified atom stereocenters. The van der Waals surface area contributed by atoms with Crippen LogP contribution >= 0.6 is 0 Å². The van der Waals surface area contributed by atoms with Crippen LogP contribution in [0.1, 0.15) is 41.6 Å². The van der Waals surface area contributed by atoms with Crippen molar-refractivity contribution in [2.45, 2.75) is 24.8 Å². The Morgan fingerprint density at radius 3 is 1.69 bits per heavy atom. The second-order valence-electron chi connectivity index (χ2n) is 7.32. The van der Waals surface area contributed by atoms with Crippen LogP contribution in [0.2, 0.25) is 0 Å². The minimum atomic E-state index is -0.560. The van der Waals surface area contributed by atoms with E-state index in [4.69, 9.17) is 0 Å². The quantitative estimate of drug-likeness (QED) is 0.317. The molecular formula is C26H24N2O. The first-order chi connectivity index (χ1) is 14.3. The molecule has 0 bridgehead atoms. The van der Waals surface area contributed by atoms with E-state index >= 15 is 0 Å². The molecule has 1 heterocycles. The summed E-state index contributed by atoms with van der Waals surface area (Å²) in [4.78, 5) is 15.7. The third-order valence-corrected chi connectivity index (χ3v) is 5.52. The van der Waals surface area contributed by atoms with Crippen LogP contribution in [0.3, 0.4) is 0 Å². The maximum atomic E-state index is 11.0. The van der Waals surface area contributed by atoms with Crippen molar-refractivity contribution >= 4 is 6.29 Å². The molecule has 0 aliphatic carbocycles. The molecule has 0 spiro atoms. The minimum absolute atomic E-state index is 0.0776. The standard InChI is InChI=1S/C26H24N2O/c1-21(17-18-29)25-19-28(20-27-25)26(22-11-5-2-6-12-22,23-13-7-3-8-14-23)24-15-9-4-10-16-24/h2-16,18-21H,17H2,1H3. The van der Waals surface area contributed by atoms with E-state index in [0.29, 0.717) is 6.42 Å². The number of rotatable bonds is 7. The Morgan fingerprint density at radius 1 is 0.828 bits per heavy atom. The van der Waals surface area contributed by atoms with Crippen molar-refractivity contribution in [3.63, 3.8) is 0 Å². The highest BCUT2D eigenvalue weighted by Crippen LogP contribution is 2.41. The molecule has 0 saturated carbocycles. The van der Waals surface area contributed by atoms with Gasteiger partial charge in [0.2, 0.25) is 0 Å². The summed E-state index contributed by atoms with van der Waals surface area (Å²) in [6, 6.07) is 31.5. The van der Waals surface area contributed by atoms with Gasteiger partial charge in [-0.05, 0) is 16.7 Å². The van der Waals surface area contributed by atoms with E-state index in [9.17, 15) is 4.79 Å². The maximum absolute atomic E-state index is 11.0. The van der Waals surface area contributed by atoms with Gasteiger partial charge in [0.15, 0.2) is 0 Å². The van der Waals surface area contributed by atoms with Gasteiger partial charge in [-0.3, -0.25) is 0 Å². The number of aldehydes is 1. The molecule has 0 fully saturated rings. The molecule has 1 atom stereocenters. The van der Waals surface area contributed by atoms with Crippen LogP contribution < -0.4 is 0 Å². The molecule has 4 aromatic rings. The molecule has 0 aliphatic heterocycles. The third kappa shape index (κ3) is 3.40. The van der Waals surface area contributed by atoms with Gasteiger partial charge in [-0.15, -0.1) is 0 Å². The number of benzene rings is 3. The molecule has 29 heavy (non-hydrogen) atoms. The first-order valence-electron chi connectivity index (χ1n) is 9.91. The Bertz CT molecular complexity index is 959. The molecule has 3 aromatic carbocycles. The molecule has 0 aliphatic rings. The second kappa shape index (κ2) is 8.27. The van der Waals surface area contributed by atoms with Gasteiger partial charge in [-0.2, -0.15) is 0 Å². The molecule has 0 radical (unpaired) electrons. The maximum Gasteiger partial charge on any atom is 0.121 e. The lowest BCUT2D eigenvalue weighted by Gasteiger charge is -2.37. The number of carbonyl (C=O) groups excluding carboxylic acids is 1. The third-order valence-electron chi connectivity index (χ3n) is 5.52. The van der Waals surface area contributed by atoms with Crippen LogP contribution in [0.5, 0.6) is 0 Å². The zero-order valence-corrected chi connectivity index (χ0v) is 16.5. The fourth-order valence-corrected chi connectivity index (χ4v) is 4.03. The number of hydrogen-bond donors (Lipinski definition) is 0. The predicted octanol–water partition coefficient (Wildman–Crippen LogP) is 5.42. The zero-order valence-electron chi connectivity index (χ0n) is 16.5. The molecule has 144 valence electrons. The van der Waals surface area contributed by atoms with E-state index in [1.807, 2.05) is 31.5 Å². The van der Waals surface area contributed by atoms with Crippen molar-refractivity contribution in [3.8, 4) is 0 Å². The monoisotopic (exact) mass is 380 g/mol. The van der Waals surface area contributed by atoms with E-state index in [1.165, 1.54) is 0 Å². The molecule has 0 saturated heterocycles. The van der Waals surface area contributed by atoms with Crippen molar-refractivity contribution < 1.29 is 4.79 Å². The summed E-state index contributed by atoms with van der Waals surface area (Å²) in [5, 5.41) is 0. The van der Waals surface area contributed by atoms with E-state index < -0.39 is 5.54 Å². The normalized spacial score (nSPS) is 12.4. The van der Waals surface area contributed by atoms with Crippen molar-refractivity contribution in [1.29, 1.82) is 0 Å². The summed E-state index contributed by atoms with van der Waals surface area (Å²) < 4.78 is 2.18. The van der Waals surface area contributed by atoms with Crippen molar-refractivity contribution in [2.75, 3.05) is 0 Å². The highest BCUT2D eigenvalue weighted by Gasteiger charge is 2.38. The molecular weight excluding hydrogens is 356 g/mol. The number of nitrogens with zero attached hydrogens (tertiary/aromatic N) is 2. The highest BCUT2D eigenvalue weighted by atomic mass is 16.1. The average molecular weight is 380 g/mol. The molecule has 4 rings (SSSR count). The lowest BCUT2D eigenvalue weighted by atomic mass is 9.76. The fourth-order valence-electron chi connectivity index (χ4n) is 4.03.